The number of aliphatic carboxylic acids is 1. The van der Waals surface area contributed by atoms with Gasteiger partial charge in [-0.3, -0.25) is 4.79 Å². The van der Waals surface area contributed by atoms with E-state index in [0.717, 1.165) is 6.42 Å². The first-order valence-corrected chi connectivity index (χ1v) is 5.52. The van der Waals surface area contributed by atoms with E-state index in [0.29, 0.717) is 19.3 Å². The third kappa shape index (κ3) is 3.50. The summed E-state index contributed by atoms with van der Waals surface area (Å²) in [5, 5.41) is 10.5. The molecule has 0 heterocycles. The van der Waals surface area contributed by atoms with Gasteiger partial charge in [-0.25, -0.2) is 0 Å². The molecule has 3 nitrogen and oxygen atoms in total. The third-order valence-electron chi connectivity index (χ3n) is 2.97. The van der Waals surface area contributed by atoms with E-state index in [2.05, 4.69) is 0 Å². The number of hydrogen-bond donors (Lipinski definition) is 0. The van der Waals surface area contributed by atoms with Crippen molar-refractivity contribution in [2.75, 3.05) is 0 Å². The Balaban J connectivity index is 2.52. The zero-order valence-corrected chi connectivity index (χ0v) is 9.07. The average Bonchev–Trinajstić information content (AvgIpc) is 2.49. The number of carbonyl (C=O) groups excluding carboxylic acids is 2. The number of ketones is 1. The van der Waals surface area contributed by atoms with E-state index in [1.807, 2.05) is 19.1 Å². The molecule has 1 fully saturated rings. The molecule has 0 amide bonds. The molecule has 0 aromatic heterocycles. The van der Waals surface area contributed by atoms with Crippen molar-refractivity contribution < 1.29 is 14.7 Å². The molecule has 0 spiro atoms. The van der Waals surface area contributed by atoms with Crippen molar-refractivity contribution in [3.05, 3.63) is 12.2 Å². The summed E-state index contributed by atoms with van der Waals surface area (Å²) in [5.41, 5.74) is 0. The summed E-state index contributed by atoms with van der Waals surface area (Å²) in [6.07, 6.45) is 6.89. The predicted molar refractivity (Wildman–Crippen MR) is 54.9 cm³/mol. The van der Waals surface area contributed by atoms with Crippen molar-refractivity contribution in [1.82, 2.24) is 0 Å². The molecular formula is C12H17O3-. The Morgan fingerprint density at radius 3 is 2.87 bits per heavy atom. The van der Waals surface area contributed by atoms with Crippen LogP contribution in [0, 0.1) is 11.8 Å². The molecular weight excluding hydrogens is 192 g/mol. The molecule has 1 aliphatic rings. The average molecular weight is 209 g/mol. The summed E-state index contributed by atoms with van der Waals surface area (Å²) in [6, 6.07) is 0. The highest BCUT2D eigenvalue weighted by Crippen LogP contribution is 2.33. The van der Waals surface area contributed by atoms with Crippen molar-refractivity contribution >= 4 is 11.8 Å². The van der Waals surface area contributed by atoms with E-state index in [4.69, 9.17) is 0 Å². The first-order chi connectivity index (χ1) is 7.15. The largest absolute Gasteiger partial charge is 0.550 e. The first-order valence-electron chi connectivity index (χ1n) is 5.52. The maximum Gasteiger partial charge on any atom is 0.136 e. The third-order valence-corrected chi connectivity index (χ3v) is 2.97. The van der Waals surface area contributed by atoms with Crippen LogP contribution in [0.15, 0.2) is 12.2 Å². The summed E-state index contributed by atoms with van der Waals surface area (Å²) in [4.78, 5) is 22.0. The van der Waals surface area contributed by atoms with Gasteiger partial charge >= 0.3 is 0 Å². The molecule has 1 aliphatic carbocycles. The molecule has 1 rings (SSSR count). The Kier molecular flexibility index (Phi) is 4.53. The van der Waals surface area contributed by atoms with Crippen molar-refractivity contribution in [1.29, 1.82) is 0 Å². The van der Waals surface area contributed by atoms with Gasteiger partial charge in [0.2, 0.25) is 0 Å². The maximum absolute atomic E-state index is 11.5. The number of hydrogen-bond acceptors (Lipinski definition) is 3. The van der Waals surface area contributed by atoms with Crippen LogP contribution >= 0.6 is 0 Å². The molecule has 2 atom stereocenters. The van der Waals surface area contributed by atoms with Gasteiger partial charge in [-0.15, -0.1) is 0 Å². The smallest absolute Gasteiger partial charge is 0.136 e. The van der Waals surface area contributed by atoms with Crippen LogP contribution in [0.3, 0.4) is 0 Å². The fourth-order valence-corrected chi connectivity index (χ4v) is 2.17. The van der Waals surface area contributed by atoms with E-state index in [1.54, 1.807) is 0 Å². The van der Waals surface area contributed by atoms with Crippen molar-refractivity contribution in [2.24, 2.45) is 11.8 Å². The second-order valence-corrected chi connectivity index (χ2v) is 4.06. The van der Waals surface area contributed by atoms with Gasteiger partial charge in [0, 0.05) is 18.3 Å². The number of carboxylic acid groups (broad SMARTS) is 1. The second-order valence-electron chi connectivity index (χ2n) is 4.06. The van der Waals surface area contributed by atoms with Gasteiger partial charge < -0.3 is 9.90 Å². The van der Waals surface area contributed by atoms with Crippen LogP contribution in [0.4, 0.5) is 0 Å². The Bertz CT molecular complexity index is 268. The van der Waals surface area contributed by atoms with Crippen LogP contribution in [-0.2, 0) is 9.59 Å². The van der Waals surface area contributed by atoms with Gasteiger partial charge in [-0.2, -0.15) is 0 Å². The molecule has 15 heavy (non-hydrogen) atoms. The second kappa shape index (κ2) is 5.69. The predicted octanol–water partition coefficient (Wildman–Crippen LogP) is 1.08. The topological polar surface area (TPSA) is 57.2 Å². The lowest BCUT2D eigenvalue weighted by Gasteiger charge is -2.17. The summed E-state index contributed by atoms with van der Waals surface area (Å²) in [5.74, 6) is -0.934. The van der Waals surface area contributed by atoms with Crippen LogP contribution in [0.2, 0.25) is 0 Å². The van der Waals surface area contributed by atoms with Gasteiger partial charge in [0.1, 0.15) is 5.78 Å². The van der Waals surface area contributed by atoms with E-state index in [1.165, 1.54) is 0 Å². The highest BCUT2D eigenvalue weighted by Gasteiger charge is 2.33. The standard InChI is InChI=1S/C12H18O3/c1-2-3-4-5-10-9(8-12(14)15)6-7-11(10)13/h3-4,9-10H,2,5-8H2,1H3,(H,14,15)/p-1/b4-3-/t9-,10+/m0/s1. The van der Waals surface area contributed by atoms with Crippen LogP contribution in [0.5, 0.6) is 0 Å². The Morgan fingerprint density at radius 1 is 1.53 bits per heavy atom. The zero-order valence-electron chi connectivity index (χ0n) is 9.07. The molecule has 0 aliphatic heterocycles. The molecule has 0 N–H and O–H groups in total. The Morgan fingerprint density at radius 2 is 2.27 bits per heavy atom. The van der Waals surface area contributed by atoms with Crippen LogP contribution in [0.1, 0.15) is 39.0 Å². The molecule has 0 radical (unpaired) electrons. The van der Waals surface area contributed by atoms with Gasteiger partial charge in [-0.05, 0) is 31.6 Å². The van der Waals surface area contributed by atoms with Crippen LogP contribution in [-0.4, -0.2) is 11.8 Å². The molecule has 3 heteroatoms. The van der Waals surface area contributed by atoms with Crippen molar-refractivity contribution in [3.63, 3.8) is 0 Å². The molecule has 1 saturated carbocycles. The highest BCUT2D eigenvalue weighted by molar-refractivity contribution is 5.84. The molecule has 84 valence electrons. The molecule has 0 saturated heterocycles. The molecule has 0 aromatic rings. The number of carboxylic acids is 1. The van der Waals surface area contributed by atoms with E-state index in [-0.39, 0.29) is 24.0 Å². The lowest BCUT2D eigenvalue weighted by molar-refractivity contribution is -0.307. The van der Waals surface area contributed by atoms with Gasteiger partial charge in [-0.1, -0.05) is 19.1 Å². The summed E-state index contributed by atoms with van der Waals surface area (Å²) >= 11 is 0. The fraction of sp³-hybridized carbons (Fsp3) is 0.667. The number of rotatable bonds is 5. The monoisotopic (exact) mass is 209 g/mol. The minimum atomic E-state index is -1.04. The van der Waals surface area contributed by atoms with Gasteiger partial charge in [0.15, 0.2) is 0 Å². The zero-order chi connectivity index (χ0) is 11.3. The van der Waals surface area contributed by atoms with Crippen LogP contribution in [0.25, 0.3) is 0 Å². The Labute approximate surface area is 90.2 Å². The van der Waals surface area contributed by atoms with E-state index < -0.39 is 5.97 Å². The molecule has 0 unspecified atom stereocenters. The number of Topliss-reactive ketones (excluding diaryl/α,β-unsaturated/α-hetero) is 1. The minimum absolute atomic E-state index is 0.0102. The summed E-state index contributed by atoms with van der Waals surface area (Å²) in [6.45, 7) is 2.03. The SMILES string of the molecule is CC/C=C\C[C@H]1C(=O)CC[C@H]1CC(=O)[O-]. The quantitative estimate of drug-likeness (QED) is 0.636. The summed E-state index contributed by atoms with van der Waals surface area (Å²) in [7, 11) is 0. The molecule has 0 aromatic carbocycles. The minimum Gasteiger partial charge on any atom is -0.550 e. The van der Waals surface area contributed by atoms with Gasteiger partial charge in [0.05, 0.1) is 0 Å². The lowest BCUT2D eigenvalue weighted by Crippen LogP contribution is -2.27. The maximum atomic E-state index is 11.5. The van der Waals surface area contributed by atoms with E-state index in [9.17, 15) is 14.7 Å². The van der Waals surface area contributed by atoms with Gasteiger partial charge in [0.25, 0.3) is 0 Å². The van der Waals surface area contributed by atoms with Crippen molar-refractivity contribution in [3.8, 4) is 0 Å². The first kappa shape index (κ1) is 12.0. The number of carbonyl (C=O) groups is 2. The van der Waals surface area contributed by atoms with Crippen molar-refractivity contribution in [2.45, 2.75) is 39.0 Å². The highest BCUT2D eigenvalue weighted by atomic mass is 16.4. The van der Waals surface area contributed by atoms with Crippen LogP contribution < -0.4 is 5.11 Å². The van der Waals surface area contributed by atoms with E-state index >= 15 is 0 Å². The number of allylic oxidation sites excluding steroid dienone is 2. The lowest BCUT2D eigenvalue weighted by atomic mass is 9.89. The molecule has 0 bridgehead atoms. The normalized spacial score (nSPS) is 26.3. The fourth-order valence-electron chi connectivity index (χ4n) is 2.17. The summed E-state index contributed by atoms with van der Waals surface area (Å²) < 4.78 is 0. The Hall–Kier alpha value is -1.12.